The van der Waals surface area contributed by atoms with Crippen molar-refractivity contribution in [1.82, 2.24) is 24.9 Å². The van der Waals surface area contributed by atoms with Crippen LogP contribution in [0.5, 0.6) is 0 Å². The number of hydrogen-bond donors (Lipinski definition) is 1. The maximum atomic E-state index is 6.28. The van der Waals surface area contributed by atoms with E-state index in [-0.39, 0.29) is 5.54 Å². The molecule has 2 aromatic heterocycles. The van der Waals surface area contributed by atoms with E-state index in [0.717, 1.165) is 23.5 Å². The molecule has 0 aliphatic rings. The molecule has 1 N–H and O–H groups in total. The first-order valence-corrected chi connectivity index (χ1v) is 7.51. The van der Waals surface area contributed by atoms with Gasteiger partial charge in [-0.1, -0.05) is 11.6 Å². The van der Waals surface area contributed by atoms with Gasteiger partial charge in [-0.2, -0.15) is 10.2 Å². The van der Waals surface area contributed by atoms with Gasteiger partial charge >= 0.3 is 0 Å². The molecule has 0 unspecified atom stereocenters. The van der Waals surface area contributed by atoms with Crippen molar-refractivity contribution in [3.8, 4) is 0 Å². The first-order chi connectivity index (χ1) is 9.67. The third kappa shape index (κ3) is 3.86. The first kappa shape index (κ1) is 16.0. The van der Waals surface area contributed by atoms with Gasteiger partial charge < -0.3 is 5.32 Å². The summed E-state index contributed by atoms with van der Waals surface area (Å²) >= 11 is 6.28. The second-order valence-corrected chi connectivity index (χ2v) is 6.88. The number of halogens is 1. The fourth-order valence-electron chi connectivity index (χ4n) is 2.19. The molecule has 21 heavy (non-hydrogen) atoms. The molecule has 116 valence electrons. The Hall–Kier alpha value is -1.33. The number of nitrogens with zero attached hydrogens (tertiary/aromatic N) is 4. The summed E-state index contributed by atoms with van der Waals surface area (Å²) in [6.07, 6.45) is 2.08. The van der Waals surface area contributed by atoms with E-state index in [0.29, 0.717) is 11.7 Å². The van der Waals surface area contributed by atoms with Crippen molar-refractivity contribution in [3.63, 3.8) is 0 Å². The Morgan fingerprint density at radius 1 is 1.19 bits per heavy atom. The predicted octanol–water partition coefficient (Wildman–Crippen LogP) is 2.82. The second kappa shape index (κ2) is 5.81. The van der Waals surface area contributed by atoms with Gasteiger partial charge in [-0.25, -0.2) is 0 Å². The van der Waals surface area contributed by atoms with E-state index in [2.05, 4.69) is 42.5 Å². The normalized spacial score (nSPS) is 12.1. The molecule has 2 heterocycles. The molecule has 0 atom stereocenters. The highest BCUT2D eigenvalue weighted by Gasteiger charge is 2.15. The minimum absolute atomic E-state index is 0.0950. The Morgan fingerprint density at radius 2 is 1.86 bits per heavy atom. The van der Waals surface area contributed by atoms with E-state index in [1.807, 2.05) is 25.6 Å². The average molecular weight is 310 g/mol. The highest BCUT2D eigenvalue weighted by molar-refractivity contribution is 6.30. The Labute approximate surface area is 131 Å². The van der Waals surface area contributed by atoms with Gasteiger partial charge in [-0.15, -0.1) is 0 Å². The molecule has 2 aromatic rings. The summed E-state index contributed by atoms with van der Waals surface area (Å²) in [6.45, 7) is 11.9. The van der Waals surface area contributed by atoms with Gasteiger partial charge in [0.15, 0.2) is 0 Å². The SMILES string of the molecule is Cc1nn(Cc2c(C)nn(C)c2Cl)cc1CNC(C)(C)C. The van der Waals surface area contributed by atoms with Crippen LogP contribution in [-0.2, 0) is 20.1 Å². The minimum Gasteiger partial charge on any atom is -0.308 e. The lowest BCUT2D eigenvalue weighted by Gasteiger charge is -2.20. The van der Waals surface area contributed by atoms with Crippen LogP contribution in [0.4, 0.5) is 0 Å². The van der Waals surface area contributed by atoms with Gasteiger partial charge in [0.05, 0.1) is 17.9 Å². The fraction of sp³-hybridized carbons (Fsp3) is 0.600. The molecule has 0 aliphatic heterocycles. The van der Waals surface area contributed by atoms with Crippen LogP contribution in [0, 0.1) is 13.8 Å². The molecule has 0 aliphatic carbocycles. The highest BCUT2D eigenvalue weighted by atomic mass is 35.5. The minimum atomic E-state index is 0.0950. The summed E-state index contributed by atoms with van der Waals surface area (Å²) in [7, 11) is 1.85. The molecular formula is C15H24ClN5. The topological polar surface area (TPSA) is 47.7 Å². The summed E-state index contributed by atoms with van der Waals surface area (Å²) in [5.41, 5.74) is 4.33. The van der Waals surface area contributed by atoms with Crippen LogP contribution in [0.2, 0.25) is 5.15 Å². The monoisotopic (exact) mass is 309 g/mol. The molecule has 0 aromatic carbocycles. The number of hydrogen-bond acceptors (Lipinski definition) is 3. The number of nitrogens with one attached hydrogen (secondary N) is 1. The molecule has 0 saturated carbocycles. The van der Waals surface area contributed by atoms with E-state index >= 15 is 0 Å². The molecule has 5 nitrogen and oxygen atoms in total. The fourth-order valence-corrected chi connectivity index (χ4v) is 2.42. The van der Waals surface area contributed by atoms with Crippen molar-refractivity contribution in [1.29, 1.82) is 0 Å². The molecule has 2 rings (SSSR count). The lowest BCUT2D eigenvalue weighted by Crippen LogP contribution is -2.35. The van der Waals surface area contributed by atoms with Crippen LogP contribution in [0.25, 0.3) is 0 Å². The molecule has 6 heteroatoms. The molecule has 0 radical (unpaired) electrons. The summed E-state index contributed by atoms with van der Waals surface area (Å²) in [4.78, 5) is 0. The van der Waals surface area contributed by atoms with Gasteiger partial charge in [0.25, 0.3) is 0 Å². The largest absolute Gasteiger partial charge is 0.308 e. The van der Waals surface area contributed by atoms with Crippen LogP contribution in [-0.4, -0.2) is 25.1 Å². The number of rotatable bonds is 4. The van der Waals surface area contributed by atoms with Gasteiger partial charge in [0, 0.05) is 36.5 Å². The van der Waals surface area contributed by atoms with Crippen molar-refractivity contribution in [3.05, 3.63) is 33.9 Å². The van der Waals surface area contributed by atoms with Crippen LogP contribution in [0.1, 0.15) is 43.3 Å². The van der Waals surface area contributed by atoms with Crippen molar-refractivity contribution in [2.45, 2.75) is 53.2 Å². The van der Waals surface area contributed by atoms with Crippen molar-refractivity contribution < 1.29 is 0 Å². The third-order valence-corrected chi connectivity index (χ3v) is 3.92. The molecule has 0 amide bonds. The van der Waals surface area contributed by atoms with Gasteiger partial charge in [-0.05, 0) is 34.6 Å². The van der Waals surface area contributed by atoms with Crippen molar-refractivity contribution in [2.24, 2.45) is 7.05 Å². The second-order valence-electron chi connectivity index (χ2n) is 6.52. The molecule has 0 spiro atoms. The Bertz CT molecular complexity index is 633. The maximum Gasteiger partial charge on any atom is 0.132 e. The zero-order valence-electron chi connectivity index (χ0n) is 13.7. The van der Waals surface area contributed by atoms with E-state index in [9.17, 15) is 0 Å². The smallest absolute Gasteiger partial charge is 0.132 e. The van der Waals surface area contributed by atoms with Crippen molar-refractivity contribution in [2.75, 3.05) is 0 Å². The molecule has 0 bridgehead atoms. The average Bonchev–Trinajstić information content (AvgIpc) is 2.82. The molecular weight excluding hydrogens is 286 g/mol. The Kier molecular flexibility index (Phi) is 4.44. The van der Waals surface area contributed by atoms with Crippen LogP contribution >= 0.6 is 11.6 Å². The number of aromatic nitrogens is 4. The van der Waals surface area contributed by atoms with E-state index in [4.69, 9.17) is 11.6 Å². The quantitative estimate of drug-likeness (QED) is 0.944. The highest BCUT2D eigenvalue weighted by Crippen LogP contribution is 2.20. The number of aryl methyl sites for hydroxylation is 3. The maximum absolute atomic E-state index is 6.28. The van der Waals surface area contributed by atoms with Crippen LogP contribution < -0.4 is 5.32 Å². The van der Waals surface area contributed by atoms with Gasteiger partial charge in [-0.3, -0.25) is 9.36 Å². The summed E-state index contributed by atoms with van der Waals surface area (Å²) in [5, 5.41) is 13.1. The van der Waals surface area contributed by atoms with E-state index < -0.39 is 0 Å². The Morgan fingerprint density at radius 3 is 2.38 bits per heavy atom. The lowest BCUT2D eigenvalue weighted by atomic mass is 10.1. The zero-order valence-corrected chi connectivity index (χ0v) is 14.4. The van der Waals surface area contributed by atoms with Gasteiger partial charge in [0.2, 0.25) is 0 Å². The summed E-state index contributed by atoms with van der Waals surface area (Å²) < 4.78 is 3.63. The standard InChI is InChI=1S/C15H24ClN5/c1-10-12(7-17-15(3,4)5)8-21(19-10)9-13-11(2)18-20(6)14(13)16/h8,17H,7,9H2,1-6H3. The van der Waals surface area contributed by atoms with E-state index in [1.54, 1.807) is 4.68 Å². The zero-order chi connectivity index (χ0) is 15.8. The Balaban J connectivity index is 2.15. The predicted molar refractivity (Wildman–Crippen MR) is 85.6 cm³/mol. The van der Waals surface area contributed by atoms with Crippen LogP contribution in [0.3, 0.4) is 0 Å². The van der Waals surface area contributed by atoms with Gasteiger partial charge in [0.1, 0.15) is 5.15 Å². The first-order valence-electron chi connectivity index (χ1n) is 7.13. The summed E-state index contributed by atoms with van der Waals surface area (Å²) in [6, 6.07) is 0. The molecule has 0 saturated heterocycles. The van der Waals surface area contributed by atoms with E-state index in [1.165, 1.54) is 5.56 Å². The van der Waals surface area contributed by atoms with Crippen molar-refractivity contribution >= 4 is 11.6 Å². The lowest BCUT2D eigenvalue weighted by molar-refractivity contribution is 0.423. The van der Waals surface area contributed by atoms with Crippen LogP contribution in [0.15, 0.2) is 6.20 Å². The molecule has 0 fully saturated rings. The summed E-state index contributed by atoms with van der Waals surface area (Å²) in [5.74, 6) is 0. The third-order valence-electron chi connectivity index (χ3n) is 3.45.